The monoisotopic (exact) mass is 983 g/mol. The maximum atomic E-state index is 13.6. The molecule has 0 radical (unpaired) electrons. The summed E-state index contributed by atoms with van der Waals surface area (Å²) in [6, 6.07) is 20.6. The van der Waals surface area contributed by atoms with E-state index >= 15 is 0 Å². The Labute approximate surface area is 424 Å². The van der Waals surface area contributed by atoms with Gasteiger partial charge >= 0.3 is 0 Å². The molecule has 2 saturated heterocycles. The zero-order valence-corrected chi connectivity index (χ0v) is 42.9. The minimum Gasteiger partial charge on any atom is -0.390 e. The van der Waals surface area contributed by atoms with E-state index in [2.05, 4.69) is 83.2 Å². The smallest absolute Gasteiger partial charge is 0.254 e. The molecule has 6 aliphatic rings. The first kappa shape index (κ1) is 51.0. The van der Waals surface area contributed by atoms with E-state index in [1.165, 1.54) is 22.3 Å². The Morgan fingerprint density at radius 3 is 1.35 bits per heavy atom. The number of nitrogens with one attached hydrogen (secondary N) is 4. The molecular weight excluding hydrogens is 909 g/mol. The summed E-state index contributed by atoms with van der Waals surface area (Å²) in [4.78, 5) is 67.0. The third kappa shape index (κ3) is 11.3. The van der Waals surface area contributed by atoms with E-state index < -0.39 is 12.2 Å². The molecule has 6 N–H and O–H groups in total. The lowest BCUT2D eigenvalue weighted by Gasteiger charge is -2.41. The number of β-amino-alcohol motifs (C(OH)–C–C–N with tert-alkyl or cyclic N) is 2. The molecule has 6 aliphatic heterocycles. The van der Waals surface area contributed by atoms with Gasteiger partial charge in [0.2, 0.25) is 11.8 Å². The normalized spacial score (nSPS) is 22.6. The molecule has 384 valence electrons. The molecule has 72 heavy (non-hydrogen) atoms. The van der Waals surface area contributed by atoms with Crippen LogP contribution in [0.1, 0.15) is 121 Å². The number of aliphatic hydroxyl groups excluding tert-OH is 2. The SMILES string of the molecule is CC(=O)N1CCC(Nc2cc3c(cn2)C(C)(C)CN(C[C@@H](O)[C@@H]2Cc4ccccc4CN2)C3=O)CC1.CC(=O)N1CCC(Nc2cc3c(cn2)C(C)(C)CN(C[C@H](O)[C@@H]2Cc4ccccc4CN2)C3=O)CC1. The van der Waals surface area contributed by atoms with Crippen molar-refractivity contribution in [2.45, 2.75) is 140 Å². The molecule has 4 aromatic rings. The maximum Gasteiger partial charge on any atom is 0.254 e. The van der Waals surface area contributed by atoms with Crippen molar-refractivity contribution in [2.24, 2.45) is 0 Å². The summed E-state index contributed by atoms with van der Waals surface area (Å²) in [5, 5.41) is 36.1. The predicted octanol–water partition coefficient (Wildman–Crippen LogP) is 4.63. The van der Waals surface area contributed by atoms with Crippen molar-refractivity contribution >= 4 is 35.3 Å². The van der Waals surface area contributed by atoms with Crippen LogP contribution in [0.2, 0.25) is 0 Å². The summed E-state index contributed by atoms with van der Waals surface area (Å²) in [6.45, 7) is 17.8. The summed E-state index contributed by atoms with van der Waals surface area (Å²) in [5.41, 5.74) is 7.70. The van der Waals surface area contributed by atoms with Gasteiger partial charge in [-0.1, -0.05) is 76.2 Å². The molecule has 8 heterocycles. The number of hydrogen-bond acceptors (Lipinski definition) is 12. The van der Waals surface area contributed by atoms with E-state index in [4.69, 9.17) is 0 Å². The van der Waals surface area contributed by atoms with Gasteiger partial charge in [0.05, 0.1) is 12.2 Å². The minimum absolute atomic E-state index is 0.0589. The van der Waals surface area contributed by atoms with Gasteiger partial charge in [-0.3, -0.25) is 19.2 Å². The minimum atomic E-state index is -0.662. The van der Waals surface area contributed by atoms with E-state index in [0.29, 0.717) is 35.9 Å². The van der Waals surface area contributed by atoms with Crippen molar-refractivity contribution in [3.8, 4) is 0 Å². The molecule has 2 aromatic heterocycles. The number of carbonyl (C=O) groups is 4. The number of nitrogens with zero attached hydrogens (tertiary/aromatic N) is 6. The largest absolute Gasteiger partial charge is 0.390 e. The molecule has 0 bridgehead atoms. The van der Waals surface area contributed by atoms with Crippen LogP contribution in [0.25, 0.3) is 0 Å². The number of pyridine rings is 2. The van der Waals surface area contributed by atoms with Gasteiger partial charge in [-0.2, -0.15) is 0 Å². The summed E-state index contributed by atoms with van der Waals surface area (Å²) in [6.07, 6.45) is 7.25. The molecule has 16 nitrogen and oxygen atoms in total. The van der Waals surface area contributed by atoms with E-state index in [9.17, 15) is 29.4 Å². The number of likely N-dealkylation sites (tertiary alicyclic amines) is 2. The highest BCUT2D eigenvalue weighted by Crippen LogP contribution is 2.36. The number of fused-ring (bicyclic) bond motifs is 4. The number of anilines is 2. The number of rotatable bonds is 10. The fourth-order valence-corrected chi connectivity index (χ4v) is 11.7. The van der Waals surface area contributed by atoms with E-state index in [0.717, 1.165) is 88.9 Å². The summed E-state index contributed by atoms with van der Waals surface area (Å²) >= 11 is 0. The Hall–Kier alpha value is -5.94. The van der Waals surface area contributed by atoms with E-state index in [-0.39, 0.29) is 71.7 Å². The van der Waals surface area contributed by atoms with Gasteiger partial charge in [-0.25, -0.2) is 9.97 Å². The van der Waals surface area contributed by atoms with Crippen LogP contribution >= 0.6 is 0 Å². The van der Waals surface area contributed by atoms with Gasteiger partial charge in [-0.15, -0.1) is 0 Å². The van der Waals surface area contributed by atoms with Crippen LogP contribution in [0.5, 0.6) is 0 Å². The molecule has 0 aliphatic carbocycles. The number of aromatic nitrogens is 2. The average molecular weight is 983 g/mol. The second-order valence-electron chi connectivity index (χ2n) is 22.3. The topological polar surface area (TPSA) is 196 Å². The molecule has 0 unspecified atom stereocenters. The first-order valence-corrected chi connectivity index (χ1v) is 26.0. The average Bonchev–Trinajstić information content (AvgIpc) is 3.37. The number of carbonyl (C=O) groups excluding carboxylic acids is 4. The van der Waals surface area contributed by atoms with Crippen LogP contribution in [0, 0.1) is 0 Å². The molecule has 2 aromatic carbocycles. The van der Waals surface area contributed by atoms with Gasteiger partial charge in [0, 0.05) is 138 Å². The fourth-order valence-electron chi connectivity index (χ4n) is 11.7. The van der Waals surface area contributed by atoms with Crippen LogP contribution in [0.4, 0.5) is 11.6 Å². The van der Waals surface area contributed by atoms with Gasteiger partial charge in [0.25, 0.3) is 11.8 Å². The molecule has 0 saturated carbocycles. The Morgan fingerprint density at radius 1 is 0.625 bits per heavy atom. The van der Waals surface area contributed by atoms with Crippen LogP contribution in [0.3, 0.4) is 0 Å². The van der Waals surface area contributed by atoms with Crippen LogP contribution in [0.15, 0.2) is 73.1 Å². The summed E-state index contributed by atoms with van der Waals surface area (Å²) in [5.74, 6) is 1.48. The summed E-state index contributed by atoms with van der Waals surface area (Å²) < 4.78 is 0. The quantitative estimate of drug-likeness (QED) is 0.129. The van der Waals surface area contributed by atoms with Gasteiger partial charge in [0.15, 0.2) is 0 Å². The summed E-state index contributed by atoms with van der Waals surface area (Å²) in [7, 11) is 0. The van der Waals surface area contributed by atoms with Crippen molar-refractivity contribution in [3.05, 3.63) is 118 Å². The van der Waals surface area contributed by atoms with Gasteiger partial charge in [-0.05, 0) is 84.0 Å². The van der Waals surface area contributed by atoms with Crippen molar-refractivity contribution < 1.29 is 29.4 Å². The van der Waals surface area contributed by atoms with Crippen LogP contribution < -0.4 is 21.3 Å². The predicted molar refractivity (Wildman–Crippen MR) is 278 cm³/mol. The zero-order chi connectivity index (χ0) is 50.9. The van der Waals surface area contributed by atoms with Crippen LogP contribution in [-0.2, 0) is 46.4 Å². The number of benzene rings is 2. The number of piperidine rings is 2. The van der Waals surface area contributed by atoms with Crippen molar-refractivity contribution in [2.75, 3.05) is 63.0 Å². The van der Waals surface area contributed by atoms with Crippen molar-refractivity contribution in [1.82, 2.24) is 40.2 Å². The lowest BCUT2D eigenvalue weighted by Crippen LogP contribution is -2.54. The molecule has 4 atom stereocenters. The van der Waals surface area contributed by atoms with E-state index in [1.54, 1.807) is 23.6 Å². The fraction of sp³-hybridized carbons (Fsp3) is 0.536. The highest BCUT2D eigenvalue weighted by molar-refractivity contribution is 5.99. The number of aliphatic hydroxyl groups is 2. The maximum absolute atomic E-state index is 13.6. The van der Waals surface area contributed by atoms with Crippen molar-refractivity contribution in [1.29, 1.82) is 0 Å². The second-order valence-corrected chi connectivity index (χ2v) is 22.3. The third-order valence-electron chi connectivity index (χ3n) is 16.0. The second kappa shape index (κ2) is 21.3. The Bertz CT molecular complexity index is 2460. The lowest BCUT2D eigenvalue weighted by atomic mass is 9.78. The number of amides is 4. The molecule has 4 amide bonds. The van der Waals surface area contributed by atoms with E-state index in [1.807, 2.05) is 58.6 Å². The third-order valence-corrected chi connectivity index (χ3v) is 16.0. The lowest BCUT2D eigenvalue weighted by molar-refractivity contribution is -0.130. The highest BCUT2D eigenvalue weighted by atomic mass is 16.3. The van der Waals surface area contributed by atoms with Crippen LogP contribution in [-0.4, -0.2) is 152 Å². The highest BCUT2D eigenvalue weighted by Gasteiger charge is 2.41. The molecule has 16 heteroatoms. The molecular formula is C56H74N10O6. The number of hydrogen-bond donors (Lipinski definition) is 6. The Morgan fingerprint density at radius 2 is 0.986 bits per heavy atom. The standard InChI is InChI=1S/2C28H37N5O3/c2*1-18(34)32-10-8-21(9-11-32)31-26-13-22-23(15-30-26)28(2,3)17-33(27(22)36)16-25(35)24-12-19-6-4-5-7-20(19)14-29-24/h2*4-7,13,15,21,24-25,29,35H,8-12,14,16-17H2,1-3H3,(H,30,31)/t24-,25+;24-,25-/m00/s1. The van der Waals surface area contributed by atoms with Crippen molar-refractivity contribution in [3.63, 3.8) is 0 Å². The van der Waals surface area contributed by atoms with Gasteiger partial charge in [0.1, 0.15) is 11.6 Å². The molecule has 2 fully saturated rings. The first-order chi connectivity index (χ1) is 34.4. The first-order valence-electron chi connectivity index (χ1n) is 26.0. The Balaban J connectivity index is 0.000000178. The molecule has 10 rings (SSSR count). The Kier molecular flexibility index (Phi) is 15.1. The van der Waals surface area contributed by atoms with Gasteiger partial charge < -0.3 is 51.1 Å². The molecule has 0 spiro atoms. The zero-order valence-electron chi connectivity index (χ0n) is 42.9.